The molecule has 10 heteroatoms. The number of rotatable bonds is 13. The van der Waals surface area contributed by atoms with Crippen LogP contribution < -0.4 is 11.2 Å². The summed E-state index contributed by atoms with van der Waals surface area (Å²) in [7, 11) is 0. The first-order chi connectivity index (χ1) is 21.9. The van der Waals surface area contributed by atoms with Gasteiger partial charge in [0.2, 0.25) is 11.8 Å². The van der Waals surface area contributed by atoms with E-state index in [9.17, 15) is 14.4 Å². The van der Waals surface area contributed by atoms with Crippen LogP contribution in [-0.4, -0.2) is 54.2 Å². The van der Waals surface area contributed by atoms with Crippen LogP contribution in [0, 0.1) is 0 Å². The second-order valence-corrected chi connectivity index (χ2v) is 11.4. The fourth-order valence-electron chi connectivity index (χ4n) is 5.63. The van der Waals surface area contributed by atoms with Crippen molar-refractivity contribution in [2.45, 2.75) is 77.9 Å². The third-order valence-corrected chi connectivity index (χ3v) is 7.93. The van der Waals surface area contributed by atoms with Crippen LogP contribution in [0.3, 0.4) is 0 Å². The zero-order valence-corrected chi connectivity index (χ0v) is 26.3. The zero-order valence-electron chi connectivity index (χ0n) is 26.3. The molecule has 45 heavy (non-hydrogen) atoms. The fourth-order valence-corrected chi connectivity index (χ4v) is 5.63. The summed E-state index contributed by atoms with van der Waals surface area (Å²) in [6.07, 6.45) is 14.8. The van der Waals surface area contributed by atoms with E-state index >= 15 is 0 Å². The van der Waals surface area contributed by atoms with Crippen LogP contribution in [0.15, 0.2) is 104 Å². The molecule has 0 spiro atoms. The molecule has 2 aliphatic carbocycles. The first-order valence-electron chi connectivity index (χ1n) is 15.9. The number of amides is 2. The van der Waals surface area contributed by atoms with Gasteiger partial charge in [0.15, 0.2) is 5.84 Å². The smallest absolute Gasteiger partial charge is 0.306 e. The van der Waals surface area contributed by atoms with Gasteiger partial charge in [0, 0.05) is 43.6 Å². The predicted molar refractivity (Wildman–Crippen MR) is 175 cm³/mol. The van der Waals surface area contributed by atoms with E-state index in [1.54, 1.807) is 0 Å². The monoisotopic (exact) mass is 612 g/mol. The molecule has 1 heterocycles. The van der Waals surface area contributed by atoms with Crippen molar-refractivity contribution in [2.24, 2.45) is 21.2 Å². The van der Waals surface area contributed by atoms with E-state index in [0.717, 1.165) is 41.5 Å². The first kappa shape index (κ1) is 33.3. The van der Waals surface area contributed by atoms with Crippen LogP contribution in [0.5, 0.6) is 0 Å². The van der Waals surface area contributed by atoms with Crippen LogP contribution in [0.25, 0.3) is 0 Å². The summed E-state index contributed by atoms with van der Waals surface area (Å²) in [4.78, 5) is 44.9. The van der Waals surface area contributed by atoms with E-state index in [-0.39, 0.29) is 43.3 Å². The van der Waals surface area contributed by atoms with Gasteiger partial charge >= 0.3 is 5.97 Å². The molecule has 1 atom stereocenters. The van der Waals surface area contributed by atoms with Gasteiger partial charge in [0.25, 0.3) is 0 Å². The van der Waals surface area contributed by atoms with E-state index in [1.165, 1.54) is 0 Å². The van der Waals surface area contributed by atoms with Gasteiger partial charge in [-0.1, -0.05) is 73.7 Å². The maximum Gasteiger partial charge on any atom is 0.306 e. The number of nitrogens with two attached hydrogens (primary N) is 1. The number of amidine groups is 1. The van der Waals surface area contributed by atoms with Gasteiger partial charge in [0.05, 0.1) is 6.04 Å². The highest BCUT2D eigenvalue weighted by Crippen LogP contribution is 2.34. The van der Waals surface area contributed by atoms with Crippen LogP contribution in [0.1, 0.15) is 70.8 Å². The molecule has 4 rings (SSSR count). The number of nitrogens with one attached hydrogen (secondary N) is 1. The number of fused-ring (bicyclic) bond motifs is 1. The predicted octanol–water partition coefficient (Wildman–Crippen LogP) is 5.60. The number of esters is 1. The number of carbonyl (C=O) groups is 3. The molecule has 2 amide bonds. The second-order valence-electron chi connectivity index (χ2n) is 11.4. The number of hydrogen-bond donors (Lipinski definition) is 2. The minimum absolute atomic E-state index is 0.00358. The maximum absolute atomic E-state index is 13.4. The SMILES string of the molecule is CCCN(CCC)C(=O)C1=CC2=CC=C(C3=CC=C(C(=O)NCCCC(=O)OCc4ccccc4)CC3)CC2N=C(N=NN)C1. The molecule has 3 aliphatic rings. The van der Waals surface area contributed by atoms with Crippen molar-refractivity contribution >= 4 is 23.6 Å². The zero-order chi connectivity index (χ0) is 32.0. The number of carbonyl (C=O) groups excluding carboxylic acids is 3. The molecule has 0 saturated carbocycles. The Balaban J connectivity index is 1.35. The minimum atomic E-state index is -0.278. The summed E-state index contributed by atoms with van der Waals surface area (Å²) in [6.45, 7) is 6.19. The quantitative estimate of drug-likeness (QED) is 0.0982. The maximum atomic E-state index is 13.4. The van der Waals surface area contributed by atoms with E-state index in [4.69, 9.17) is 15.6 Å². The molecular formula is C35H44N6O4. The Morgan fingerprint density at radius 1 is 1.00 bits per heavy atom. The highest BCUT2D eigenvalue weighted by Gasteiger charge is 2.28. The van der Waals surface area contributed by atoms with Crippen molar-refractivity contribution in [1.82, 2.24) is 10.2 Å². The number of nitrogens with zero attached hydrogens (tertiary/aromatic N) is 4. The van der Waals surface area contributed by atoms with Gasteiger partial charge in [-0.15, -0.1) is 5.11 Å². The topological polar surface area (TPSA) is 139 Å². The normalized spacial score (nSPS) is 17.9. The number of aliphatic imine (C=N–C) groups is 1. The summed E-state index contributed by atoms with van der Waals surface area (Å²) in [5.74, 6) is 5.44. The third-order valence-electron chi connectivity index (χ3n) is 7.93. The molecule has 1 aliphatic heterocycles. The Labute approximate surface area is 265 Å². The Hall–Kier alpha value is -4.60. The van der Waals surface area contributed by atoms with Crippen LogP contribution in [-0.2, 0) is 25.7 Å². The molecule has 10 nitrogen and oxygen atoms in total. The molecule has 1 aromatic rings. The molecule has 1 aromatic carbocycles. The summed E-state index contributed by atoms with van der Waals surface area (Å²) in [5.41, 5.74) is 5.57. The Morgan fingerprint density at radius 3 is 2.44 bits per heavy atom. The third kappa shape index (κ3) is 9.69. The summed E-state index contributed by atoms with van der Waals surface area (Å²) >= 11 is 0. The molecule has 0 radical (unpaired) electrons. The molecule has 0 bridgehead atoms. The van der Waals surface area contributed by atoms with E-state index in [2.05, 4.69) is 35.6 Å². The van der Waals surface area contributed by atoms with Crippen LogP contribution >= 0.6 is 0 Å². The molecule has 238 valence electrons. The van der Waals surface area contributed by atoms with E-state index < -0.39 is 0 Å². The summed E-state index contributed by atoms with van der Waals surface area (Å²) in [5, 5.41) is 10.4. The molecule has 0 fully saturated rings. The number of hydrogen-bond acceptors (Lipinski definition) is 7. The Morgan fingerprint density at radius 2 is 1.76 bits per heavy atom. The van der Waals surface area contributed by atoms with Gasteiger partial charge < -0.3 is 20.8 Å². The lowest BCUT2D eigenvalue weighted by molar-refractivity contribution is -0.145. The largest absolute Gasteiger partial charge is 0.461 e. The van der Waals surface area contributed by atoms with Gasteiger partial charge in [-0.3, -0.25) is 19.4 Å². The summed E-state index contributed by atoms with van der Waals surface area (Å²) in [6, 6.07) is 9.35. The van der Waals surface area contributed by atoms with Crippen molar-refractivity contribution in [3.05, 3.63) is 94.1 Å². The lowest BCUT2D eigenvalue weighted by Gasteiger charge is -2.24. The van der Waals surface area contributed by atoms with Crippen molar-refractivity contribution in [3.8, 4) is 0 Å². The molecule has 1 unspecified atom stereocenters. The van der Waals surface area contributed by atoms with Crippen LogP contribution in [0.2, 0.25) is 0 Å². The average molecular weight is 613 g/mol. The van der Waals surface area contributed by atoms with Crippen molar-refractivity contribution < 1.29 is 19.1 Å². The van der Waals surface area contributed by atoms with Gasteiger partial charge in [-0.05, 0) is 66.9 Å². The van der Waals surface area contributed by atoms with Crippen molar-refractivity contribution in [2.75, 3.05) is 19.6 Å². The van der Waals surface area contributed by atoms with E-state index in [1.807, 2.05) is 59.5 Å². The highest BCUT2D eigenvalue weighted by molar-refractivity contribution is 6.01. The standard InChI is InChI=1S/C35H44N6O4/c1-3-19-41(20-4-2)35(44)30-21-29-17-16-28(22-31(29)38-32(23-30)39-40-36)26-12-14-27(15-13-26)34(43)37-18-8-11-33(42)45-24-25-9-6-5-7-10-25/h5-7,9-10,12,14,16-17,21,31H,3-4,8,11,13,15,18-20,22-24H2,1-2H3,(H,37,43)(H2,36,38,39). The first-order valence-corrected chi connectivity index (χ1v) is 15.9. The Kier molecular flexibility index (Phi) is 12.6. The van der Waals surface area contributed by atoms with Crippen LogP contribution in [0.4, 0.5) is 0 Å². The molecular weight excluding hydrogens is 568 g/mol. The number of benzene rings is 1. The fraction of sp³-hybridized carbons (Fsp3) is 0.429. The van der Waals surface area contributed by atoms with Gasteiger partial charge in [-0.25, -0.2) is 0 Å². The molecule has 0 saturated heterocycles. The summed E-state index contributed by atoms with van der Waals surface area (Å²) < 4.78 is 5.30. The molecule has 0 aromatic heterocycles. The lowest BCUT2D eigenvalue weighted by Crippen LogP contribution is -2.34. The van der Waals surface area contributed by atoms with E-state index in [0.29, 0.717) is 55.9 Å². The van der Waals surface area contributed by atoms with Gasteiger partial charge in [0.1, 0.15) is 6.61 Å². The average Bonchev–Trinajstić information content (AvgIpc) is 3.24. The highest BCUT2D eigenvalue weighted by atomic mass is 16.5. The minimum Gasteiger partial charge on any atom is -0.461 e. The number of allylic oxidation sites excluding steroid dienone is 5. The van der Waals surface area contributed by atoms with Gasteiger partial charge in [-0.2, -0.15) is 0 Å². The Bertz CT molecular complexity index is 1450. The second kappa shape index (κ2) is 17.0. The molecule has 3 N–H and O–H groups in total. The van der Waals surface area contributed by atoms with Crippen molar-refractivity contribution in [1.29, 1.82) is 0 Å². The lowest BCUT2D eigenvalue weighted by atomic mass is 9.84. The number of ether oxygens (including phenoxy) is 1. The van der Waals surface area contributed by atoms with Crippen molar-refractivity contribution in [3.63, 3.8) is 0 Å².